The molecular formula is C27H24FN3O4. The second-order valence-electron chi connectivity index (χ2n) is 7.45. The van der Waals surface area contributed by atoms with Crippen LogP contribution in [-0.2, 0) is 9.59 Å². The number of halogens is 1. The predicted molar refractivity (Wildman–Crippen MR) is 132 cm³/mol. The number of para-hydroxylation sites is 1. The number of carbonyl (C=O) groups is 2. The number of hydrogen-bond donors (Lipinski definition) is 2. The molecule has 7 nitrogen and oxygen atoms in total. The lowest BCUT2D eigenvalue weighted by atomic mass is 10.1. The summed E-state index contributed by atoms with van der Waals surface area (Å²) in [7, 11) is 0. The summed E-state index contributed by atoms with van der Waals surface area (Å²) in [5.74, 6) is -1.02. The van der Waals surface area contributed by atoms with Crippen molar-refractivity contribution in [2.45, 2.75) is 13.8 Å². The van der Waals surface area contributed by atoms with E-state index < -0.39 is 17.6 Å². The number of anilines is 2. The van der Waals surface area contributed by atoms with Gasteiger partial charge in [-0.15, -0.1) is 0 Å². The standard InChI is InChI=1S/C27H24FN3O4/c1-3-34-25-15-19(14-20(16-29)27(33)30-21-11-8-18(2)9-12-21)10-13-24(25)35-17-26(32)31-23-7-5-4-6-22(23)28/h4-15H,3,17H2,1-2H3,(H,30,33)(H,31,32)/b20-14-. The Labute approximate surface area is 202 Å². The number of carbonyl (C=O) groups excluding carboxylic acids is 2. The summed E-state index contributed by atoms with van der Waals surface area (Å²) >= 11 is 0. The molecule has 0 spiro atoms. The largest absolute Gasteiger partial charge is 0.490 e. The number of nitrogens with one attached hydrogen (secondary N) is 2. The van der Waals surface area contributed by atoms with Crippen molar-refractivity contribution >= 4 is 29.3 Å². The molecule has 178 valence electrons. The minimum Gasteiger partial charge on any atom is -0.490 e. The third-order valence-corrected chi connectivity index (χ3v) is 4.76. The SMILES string of the molecule is CCOc1cc(/C=C(/C#N)C(=O)Nc2ccc(C)cc2)ccc1OCC(=O)Nc1ccccc1F. The van der Waals surface area contributed by atoms with Gasteiger partial charge in [-0.3, -0.25) is 9.59 Å². The summed E-state index contributed by atoms with van der Waals surface area (Å²) in [4.78, 5) is 24.7. The Bertz CT molecular complexity index is 1280. The van der Waals surface area contributed by atoms with Gasteiger partial charge in [-0.1, -0.05) is 35.9 Å². The monoisotopic (exact) mass is 473 g/mol. The summed E-state index contributed by atoms with van der Waals surface area (Å²) in [6, 6.07) is 19.7. The number of hydrogen-bond acceptors (Lipinski definition) is 5. The minimum absolute atomic E-state index is 0.0552. The average molecular weight is 474 g/mol. The molecule has 0 saturated heterocycles. The lowest BCUT2D eigenvalue weighted by molar-refractivity contribution is -0.118. The molecule has 0 aliphatic rings. The van der Waals surface area contributed by atoms with Crippen molar-refractivity contribution in [3.63, 3.8) is 0 Å². The first kappa shape index (κ1) is 25.0. The molecule has 0 aromatic heterocycles. The Kier molecular flexibility index (Phi) is 8.57. The van der Waals surface area contributed by atoms with Crippen molar-refractivity contribution in [2.24, 2.45) is 0 Å². The van der Waals surface area contributed by atoms with Gasteiger partial charge in [0.1, 0.15) is 17.5 Å². The lowest BCUT2D eigenvalue weighted by Gasteiger charge is -2.13. The Morgan fingerprint density at radius 1 is 1.00 bits per heavy atom. The molecule has 3 aromatic carbocycles. The molecule has 35 heavy (non-hydrogen) atoms. The van der Waals surface area contributed by atoms with Crippen LogP contribution in [0.4, 0.5) is 15.8 Å². The molecule has 2 amide bonds. The summed E-state index contributed by atoms with van der Waals surface area (Å²) in [6.07, 6.45) is 1.43. The third-order valence-electron chi connectivity index (χ3n) is 4.76. The summed E-state index contributed by atoms with van der Waals surface area (Å²) in [6.45, 7) is 3.67. The number of benzene rings is 3. The zero-order valence-corrected chi connectivity index (χ0v) is 19.3. The second kappa shape index (κ2) is 12.0. The molecule has 0 aliphatic heterocycles. The zero-order chi connectivity index (χ0) is 25.2. The van der Waals surface area contributed by atoms with Crippen LogP contribution in [0, 0.1) is 24.1 Å². The number of ether oxygens (including phenoxy) is 2. The van der Waals surface area contributed by atoms with Crippen LogP contribution in [0.1, 0.15) is 18.1 Å². The van der Waals surface area contributed by atoms with Crippen molar-refractivity contribution < 1.29 is 23.5 Å². The normalized spacial score (nSPS) is 10.7. The fourth-order valence-corrected chi connectivity index (χ4v) is 3.04. The van der Waals surface area contributed by atoms with E-state index in [1.807, 2.05) is 25.1 Å². The predicted octanol–water partition coefficient (Wildman–Crippen LogP) is 5.10. The maximum Gasteiger partial charge on any atom is 0.266 e. The highest BCUT2D eigenvalue weighted by molar-refractivity contribution is 6.09. The van der Waals surface area contributed by atoms with Gasteiger partial charge in [0.05, 0.1) is 12.3 Å². The van der Waals surface area contributed by atoms with E-state index >= 15 is 0 Å². The molecule has 0 heterocycles. The van der Waals surface area contributed by atoms with E-state index in [0.717, 1.165) is 5.56 Å². The van der Waals surface area contributed by atoms with Crippen LogP contribution in [-0.4, -0.2) is 25.0 Å². The summed E-state index contributed by atoms with van der Waals surface area (Å²) in [5.41, 5.74) is 2.13. The molecule has 0 aliphatic carbocycles. The molecule has 0 saturated carbocycles. The first-order valence-electron chi connectivity index (χ1n) is 10.8. The maximum atomic E-state index is 13.7. The van der Waals surface area contributed by atoms with Gasteiger partial charge < -0.3 is 20.1 Å². The number of nitrogens with zero attached hydrogens (tertiary/aromatic N) is 1. The summed E-state index contributed by atoms with van der Waals surface area (Å²) in [5, 5.41) is 14.6. The molecule has 0 unspecified atom stereocenters. The van der Waals surface area contributed by atoms with Crippen LogP contribution in [0.25, 0.3) is 6.08 Å². The molecule has 0 fully saturated rings. The lowest BCUT2D eigenvalue weighted by Crippen LogP contribution is -2.21. The highest BCUT2D eigenvalue weighted by Gasteiger charge is 2.13. The van der Waals surface area contributed by atoms with Gasteiger partial charge in [0.15, 0.2) is 18.1 Å². The van der Waals surface area contributed by atoms with Crippen molar-refractivity contribution in [1.82, 2.24) is 0 Å². The highest BCUT2D eigenvalue weighted by atomic mass is 19.1. The van der Waals surface area contributed by atoms with E-state index in [9.17, 15) is 19.2 Å². The molecule has 3 rings (SSSR count). The average Bonchev–Trinajstić information content (AvgIpc) is 2.85. The highest BCUT2D eigenvalue weighted by Crippen LogP contribution is 2.29. The van der Waals surface area contributed by atoms with Crippen LogP contribution in [0.2, 0.25) is 0 Å². The topological polar surface area (TPSA) is 100 Å². The Morgan fingerprint density at radius 3 is 2.43 bits per heavy atom. The fourth-order valence-electron chi connectivity index (χ4n) is 3.04. The Morgan fingerprint density at radius 2 is 1.74 bits per heavy atom. The molecule has 3 aromatic rings. The molecule has 0 bridgehead atoms. The first-order valence-corrected chi connectivity index (χ1v) is 10.8. The van der Waals surface area contributed by atoms with E-state index in [1.165, 1.54) is 24.3 Å². The van der Waals surface area contributed by atoms with Crippen molar-refractivity contribution in [1.29, 1.82) is 5.26 Å². The van der Waals surface area contributed by atoms with E-state index in [-0.39, 0.29) is 23.6 Å². The zero-order valence-electron chi connectivity index (χ0n) is 19.3. The van der Waals surface area contributed by atoms with Crippen LogP contribution in [0.5, 0.6) is 11.5 Å². The van der Waals surface area contributed by atoms with Crippen LogP contribution in [0.15, 0.2) is 72.3 Å². The molecule has 0 atom stereocenters. The molecule has 0 radical (unpaired) electrons. The van der Waals surface area contributed by atoms with Crippen LogP contribution in [0.3, 0.4) is 0 Å². The van der Waals surface area contributed by atoms with Gasteiger partial charge in [-0.2, -0.15) is 5.26 Å². The maximum absolute atomic E-state index is 13.7. The second-order valence-corrected chi connectivity index (χ2v) is 7.45. The number of amides is 2. The Balaban J connectivity index is 1.71. The van der Waals surface area contributed by atoms with Gasteiger partial charge in [0, 0.05) is 5.69 Å². The quantitative estimate of drug-likeness (QED) is 0.333. The third kappa shape index (κ3) is 7.17. The van der Waals surface area contributed by atoms with Crippen LogP contribution >= 0.6 is 0 Å². The van der Waals surface area contributed by atoms with Gasteiger partial charge >= 0.3 is 0 Å². The first-order chi connectivity index (χ1) is 16.9. The number of rotatable bonds is 9. The molecule has 8 heteroatoms. The van der Waals surface area contributed by atoms with E-state index in [0.29, 0.717) is 23.6 Å². The molecular weight excluding hydrogens is 449 g/mol. The smallest absolute Gasteiger partial charge is 0.266 e. The van der Waals surface area contributed by atoms with E-state index in [4.69, 9.17) is 9.47 Å². The van der Waals surface area contributed by atoms with Crippen molar-refractivity contribution in [2.75, 3.05) is 23.8 Å². The fraction of sp³-hybridized carbons (Fsp3) is 0.148. The van der Waals surface area contributed by atoms with Gasteiger partial charge in [0.25, 0.3) is 11.8 Å². The molecule has 2 N–H and O–H groups in total. The number of nitriles is 1. The van der Waals surface area contributed by atoms with Crippen molar-refractivity contribution in [3.05, 3.63) is 89.2 Å². The van der Waals surface area contributed by atoms with Gasteiger partial charge in [0.2, 0.25) is 0 Å². The van der Waals surface area contributed by atoms with Gasteiger partial charge in [-0.25, -0.2) is 4.39 Å². The minimum atomic E-state index is -0.549. The van der Waals surface area contributed by atoms with E-state index in [2.05, 4.69) is 10.6 Å². The number of aryl methyl sites for hydroxylation is 1. The van der Waals surface area contributed by atoms with E-state index in [1.54, 1.807) is 43.3 Å². The Hall–Kier alpha value is -4.64. The van der Waals surface area contributed by atoms with Gasteiger partial charge in [-0.05, 0) is 61.9 Å². The van der Waals surface area contributed by atoms with Crippen molar-refractivity contribution in [3.8, 4) is 17.6 Å². The summed E-state index contributed by atoms with van der Waals surface area (Å²) < 4.78 is 24.9. The van der Waals surface area contributed by atoms with Crippen LogP contribution < -0.4 is 20.1 Å².